The Bertz CT molecular complexity index is 442. The van der Waals surface area contributed by atoms with Gasteiger partial charge in [-0.1, -0.05) is 18.9 Å². The second kappa shape index (κ2) is 6.52. The molecule has 2 rings (SSSR count). The summed E-state index contributed by atoms with van der Waals surface area (Å²) in [5.74, 6) is 0. The summed E-state index contributed by atoms with van der Waals surface area (Å²) in [5, 5.41) is 14.0. The highest BCUT2D eigenvalue weighted by Gasteiger charge is 2.15. The number of anilines is 1. The Labute approximate surface area is 113 Å². The van der Waals surface area contributed by atoms with Gasteiger partial charge in [0.25, 0.3) is 5.69 Å². The van der Waals surface area contributed by atoms with Gasteiger partial charge in [0.05, 0.1) is 17.6 Å². The van der Waals surface area contributed by atoms with Gasteiger partial charge in [-0.3, -0.25) is 10.1 Å². The summed E-state index contributed by atoms with van der Waals surface area (Å²) in [6.45, 7) is 3.06. The van der Waals surface area contributed by atoms with Gasteiger partial charge in [0.15, 0.2) is 0 Å². The SMILES string of the molecule is Cc1ccc(NCCOC2CCCC2)cc1[N+](=O)[O-]. The molecule has 0 aromatic heterocycles. The minimum Gasteiger partial charge on any atom is -0.383 e. The average molecular weight is 264 g/mol. The van der Waals surface area contributed by atoms with Gasteiger partial charge in [-0.15, -0.1) is 0 Å². The maximum Gasteiger partial charge on any atom is 0.274 e. The molecule has 5 heteroatoms. The van der Waals surface area contributed by atoms with E-state index in [9.17, 15) is 10.1 Å². The van der Waals surface area contributed by atoms with Gasteiger partial charge in [0.2, 0.25) is 0 Å². The molecule has 19 heavy (non-hydrogen) atoms. The van der Waals surface area contributed by atoms with Crippen LogP contribution < -0.4 is 5.32 Å². The lowest BCUT2D eigenvalue weighted by Gasteiger charge is -2.12. The van der Waals surface area contributed by atoms with Crippen LogP contribution in [0.2, 0.25) is 0 Å². The zero-order chi connectivity index (χ0) is 13.7. The van der Waals surface area contributed by atoms with Crippen molar-refractivity contribution in [2.24, 2.45) is 0 Å². The largest absolute Gasteiger partial charge is 0.383 e. The molecule has 104 valence electrons. The predicted molar refractivity (Wildman–Crippen MR) is 74.5 cm³/mol. The van der Waals surface area contributed by atoms with E-state index in [0.29, 0.717) is 24.8 Å². The van der Waals surface area contributed by atoms with E-state index in [1.54, 1.807) is 19.1 Å². The number of nitro benzene ring substituents is 1. The Morgan fingerprint density at radius 1 is 1.42 bits per heavy atom. The average Bonchev–Trinajstić information content (AvgIpc) is 2.89. The van der Waals surface area contributed by atoms with Crippen LogP contribution in [0.15, 0.2) is 18.2 Å². The summed E-state index contributed by atoms with van der Waals surface area (Å²) in [4.78, 5) is 10.5. The van der Waals surface area contributed by atoms with Crippen molar-refractivity contribution in [3.05, 3.63) is 33.9 Å². The van der Waals surface area contributed by atoms with E-state index in [0.717, 1.165) is 18.5 Å². The first-order valence-electron chi connectivity index (χ1n) is 6.77. The Morgan fingerprint density at radius 3 is 2.84 bits per heavy atom. The van der Waals surface area contributed by atoms with Crippen molar-refractivity contribution >= 4 is 11.4 Å². The second-order valence-electron chi connectivity index (χ2n) is 4.96. The van der Waals surface area contributed by atoms with Crippen LogP contribution in [0.25, 0.3) is 0 Å². The Hall–Kier alpha value is -1.62. The Kier molecular flexibility index (Phi) is 4.74. The topological polar surface area (TPSA) is 64.4 Å². The van der Waals surface area contributed by atoms with Crippen LogP contribution in [0.3, 0.4) is 0 Å². The number of nitrogens with zero attached hydrogens (tertiary/aromatic N) is 1. The summed E-state index contributed by atoms with van der Waals surface area (Å²) in [5.41, 5.74) is 1.60. The Morgan fingerprint density at radius 2 is 2.16 bits per heavy atom. The molecule has 5 nitrogen and oxygen atoms in total. The van der Waals surface area contributed by atoms with Crippen molar-refractivity contribution in [3.8, 4) is 0 Å². The molecule has 0 heterocycles. The monoisotopic (exact) mass is 264 g/mol. The van der Waals surface area contributed by atoms with Crippen molar-refractivity contribution in [1.82, 2.24) is 0 Å². The van der Waals surface area contributed by atoms with Crippen LogP contribution >= 0.6 is 0 Å². The van der Waals surface area contributed by atoms with Crippen LogP contribution in [0.4, 0.5) is 11.4 Å². The molecule has 1 aromatic carbocycles. The second-order valence-corrected chi connectivity index (χ2v) is 4.96. The molecular formula is C14H20N2O3. The lowest BCUT2D eigenvalue weighted by atomic mass is 10.2. The van der Waals surface area contributed by atoms with Crippen LogP contribution in [0.1, 0.15) is 31.2 Å². The van der Waals surface area contributed by atoms with Crippen LogP contribution in [0.5, 0.6) is 0 Å². The fourth-order valence-corrected chi connectivity index (χ4v) is 2.39. The van der Waals surface area contributed by atoms with Gasteiger partial charge in [-0.05, 0) is 25.8 Å². The Balaban J connectivity index is 1.79. The summed E-state index contributed by atoms with van der Waals surface area (Å²) in [6, 6.07) is 5.20. The third-order valence-corrected chi connectivity index (χ3v) is 3.49. The highest BCUT2D eigenvalue weighted by atomic mass is 16.6. The first kappa shape index (κ1) is 13.8. The van der Waals surface area contributed by atoms with Gasteiger partial charge >= 0.3 is 0 Å². The summed E-state index contributed by atoms with van der Waals surface area (Å²) in [6.07, 6.45) is 5.27. The number of hydrogen-bond donors (Lipinski definition) is 1. The van der Waals surface area contributed by atoms with E-state index in [4.69, 9.17) is 4.74 Å². The third-order valence-electron chi connectivity index (χ3n) is 3.49. The third kappa shape index (κ3) is 3.92. The smallest absolute Gasteiger partial charge is 0.274 e. The lowest BCUT2D eigenvalue weighted by Crippen LogP contribution is -2.15. The van der Waals surface area contributed by atoms with Crippen molar-refractivity contribution in [3.63, 3.8) is 0 Å². The minimum absolute atomic E-state index is 0.154. The maximum absolute atomic E-state index is 10.8. The van der Waals surface area contributed by atoms with Crippen LogP contribution in [0, 0.1) is 17.0 Å². The van der Waals surface area contributed by atoms with E-state index in [1.165, 1.54) is 12.8 Å². The van der Waals surface area contributed by atoms with E-state index < -0.39 is 0 Å². The number of ether oxygens (including phenoxy) is 1. The number of hydrogen-bond acceptors (Lipinski definition) is 4. The van der Waals surface area contributed by atoms with Crippen LogP contribution in [-0.4, -0.2) is 24.2 Å². The van der Waals surface area contributed by atoms with Gasteiger partial charge in [-0.25, -0.2) is 0 Å². The molecule has 0 atom stereocenters. The van der Waals surface area contributed by atoms with Gasteiger partial charge in [0, 0.05) is 23.9 Å². The number of benzene rings is 1. The summed E-state index contributed by atoms with van der Waals surface area (Å²) in [7, 11) is 0. The highest BCUT2D eigenvalue weighted by molar-refractivity contribution is 5.54. The molecule has 1 aliphatic rings. The summed E-state index contributed by atoms with van der Waals surface area (Å²) < 4.78 is 5.73. The molecule has 1 fully saturated rings. The number of nitro groups is 1. The van der Waals surface area contributed by atoms with Gasteiger partial charge in [-0.2, -0.15) is 0 Å². The fourth-order valence-electron chi connectivity index (χ4n) is 2.39. The molecule has 0 spiro atoms. The molecule has 0 bridgehead atoms. The number of nitrogens with one attached hydrogen (secondary N) is 1. The van der Waals surface area contributed by atoms with Crippen molar-refractivity contribution in [2.75, 3.05) is 18.5 Å². The van der Waals surface area contributed by atoms with Crippen LogP contribution in [-0.2, 0) is 4.74 Å². The van der Waals surface area contributed by atoms with E-state index in [1.807, 2.05) is 6.07 Å². The standard InChI is InChI=1S/C14H20N2O3/c1-11-6-7-12(10-14(11)16(17)18)15-8-9-19-13-4-2-3-5-13/h6-7,10,13,15H,2-5,8-9H2,1H3. The van der Waals surface area contributed by atoms with Gasteiger partial charge in [0.1, 0.15) is 0 Å². The highest BCUT2D eigenvalue weighted by Crippen LogP contribution is 2.22. The van der Waals surface area contributed by atoms with Crippen molar-refractivity contribution in [1.29, 1.82) is 0 Å². The molecule has 1 saturated carbocycles. The molecule has 0 radical (unpaired) electrons. The molecule has 1 N–H and O–H groups in total. The van der Waals surface area contributed by atoms with Gasteiger partial charge < -0.3 is 10.1 Å². The number of aryl methyl sites for hydroxylation is 1. The van der Waals surface area contributed by atoms with E-state index >= 15 is 0 Å². The molecule has 0 saturated heterocycles. The lowest BCUT2D eigenvalue weighted by molar-refractivity contribution is -0.385. The van der Waals surface area contributed by atoms with Crippen molar-refractivity contribution < 1.29 is 9.66 Å². The normalized spacial score (nSPS) is 15.6. The zero-order valence-electron chi connectivity index (χ0n) is 11.2. The fraction of sp³-hybridized carbons (Fsp3) is 0.571. The number of rotatable bonds is 6. The predicted octanol–water partition coefficient (Wildman–Crippen LogP) is 3.27. The molecule has 1 aliphatic carbocycles. The zero-order valence-corrected chi connectivity index (χ0v) is 11.2. The maximum atomic E-state index is 10.8. The minimum atomic E-state index is -0.352. The summed E-state index contributed by atoms with van der Waals surface area (Å²) >= 11 is 0. The first-order chi connectivity index (χ1) is 9.16. The quantitative estimate of drug-likeness (QED) is 0.486. The first-order valence-corrected chi connectivity index (χ1v) is 6.77. The molecule has 0 aliphatic heterocycles. The van der Waals surface area contributed by atoms with Crippen molar-refractivity contribution in [2.45, 2.75) is 38.7 Å². The van der Waals surface area contributed by atoms with E-state index in [2.05, 4.69) is 5.32 Å². The molecule has 1 aromatic rings. The molecule has 0 amide bonds. The van der Waals surface area contributed by atoms with E-state index in [-0.39, 0.29) is 10.6 Å². The molecule has 0 unspecified atom stereocenters. The molecular weight excluding hydrogens is 244 g/mol.